The Bertz CT molecular complexity index is 797. The van der Waals surface area contributed by atoms with Gasteiger partial charge in [-0.2, -0.15) is 0 Å². The molecule has 0 spiro atoms. The molecule has 1 N–H and O–H groups in total. The first-order chi connectivity index (χ1) is 12.5. The van der Waals surface area contributed by atoms with E-state index in [4.69, 9.17) is 0 Å². The Labute approximate surface area is 157 Å². The second-order valence-corrected chi connectivity index (χ2v) is 7.61. The summed E-state index contributed by atoms with van der Waals surface area (Å²) in [6, 6.07) is 7.75. The molecule has 1 aliphatic carbocycles. The van der Waals surface area contributed by atoms with Crippen LogP contribution in [0.15, 0.2) is 30.3 Å². The van der Waals surface area contributed by atoms with Crippen molar-refractivity contribution in [2.75, 3.05) is 18.4 Å². The van der Waals surface area contributed by atoms with E-state index in [-0.39, 0.29) is 23.5 Å². The van der Waals surface area contributed by atoms with Gasteiger partial charge in [-0.3, -0.25) is 9.59 Å². The fourth-order valence-corrected chi connectivity index (χ4v) is 4.47. The van der Waals surface area contributed by atoms with Crippen LogP contribution in [0.25, 0.3) is 0 Å². The molecule has 0 fully saturated rings. The zero-order chi connectivity index (χ0) is 18.7. The number of carbonyl (C=O) groups is 2. The van der Waals surface area contributed by atoms with E-state index in [1.54, 1.807) is 23.5 Å². The maximum Gasteiger partial charge on any atom is 0.263 e. The van der Waals surface area contributed by atoms with Crippen molar-refractivity contribution in [3.05, 3.63) is 51.5 Å². The summed E-state index contributed by atoms with van der Waals surface area (Å²) in [6.45, 7) is 5.34. The molecule has 1 heterocycles. The summed E-state index contributed by atoms with van der Waals surface area (Å²) >= 11 is 1.56. The number of thiophene rings is 1. The lowest BCUT2D eigenvalue weighted by molar-refractivity contribution is -0.120. The van der Waals surface area contributed by atoms with Gasteiger partial charge in [-0.25, -0.2) is 4.39 Å². The molecule has 138 valence electrons. The average Bonchev–Trinajstić information content (AvgIpc) is 3.07. The normalized spacial score (nSPS) is 16.0. The van der Waals surface area contributed by atoms with Crippen LogP contribution in [0.4, 0.5) is 10.1 Å². The van der Waals surface area contributed by atoms with Gasteiger partial charge >= 0.3 is 0 Å². The SMILES string of the molecule is CCN(CC)C(=O)c1cc2c(s1)CC[C@H](C(=O)Nc1ccc(F)cc1)C2. The van der Waals surface area contributed by atoms with Crippen molar-refractivity contribution in [2.24, 2.45) is 5.92 Å². The highest BCUT2D eigenvalue weighted by molar-refractivity contribution is 7.14. The van der Waals surface area contributed by atoms with Crippen molar-refractivity contribution < 1.29 is 14.0 Å². The minimum absolute atomic E-state index is 0.0509. The topological polar surface area (TPSA) is 49.4 Å². The second-order valence-electron chi connectivity index (χ2n) is 6.47. The molecule has 2 amide bonds. The summed E-state index contributed by atoms with van der Waals surface area (Å²) < 4.78 is 13.0. The molecule has 0 radical (unpaired) electrons. The van der Waals surface area contributed by atoms with E-state index < -0.39 is 0 Å². The van der Waals surface area contributed by atoms with Gasteiger partial charge in [-0.1, -0.05) is 0 Å². The van der Waals surface area contributed by atoms with Crippen LogP contribution in [0, 0.1) is 11.7 Å². The van der Waals surface area contributed by atoms with Gasteiger partial charge in [0.1, 0.15) is 5.82 Å². The smallest absolute Gasteiger partial charge is 0.263 e. The number of hydrogen-bond acceptors (Lipinski definition) is 3. The van der Waals surface area contributed by atoms with Crippen molar-refractivity contribution in [3.8, 4) is 0 Å². The van der Waals surface area contributed by atoms with Crippen LogP contribution in [-0.2, 0) is 17.6 Å². The average molecular weight is 374 g/mol. The summed E-state index contributed by atoms with van der Waals surface area (Å²) in [5, 5.41) is 2.86. The lowest BCUT2D eigenvalue weighted by Gasteiger charge is -2.21. The molecule has 0 saturated heterocycles. The number of nitrogens with zero attached hydrogens (tertiary/aromatic N) is 1. The van der Waals surface area contributed by atoms with E-state index in [1.807, 2.05) is 24.8 Å². The molecule has 1 aromatic heterocycles. The minimum atomic E-state index is -0.325. The van der Waals surface area contributed by atoms with Gasteiger partial charge in [0.05, 0.1) is 4.88 Å². The standard InChI is InChI=1S/C20H23FN2O2S/c1-3-23(4-2)20(25)18-12-14-11-13(5-10-17(14)26-18)19(24)22-16-8-6-15(21)7-9-16/h6-9,12-13H,3-5,10-11H2,1-2H3,(H,22,24)/t13-/m0/s1. The summed E-state index contributed by atoms with van der Waals surface area (Å²) in [5.74, 6) is -0.431. The molecule has 6 heteroatoms. The van der Waals surface area contributed by atoms with Crippen LogP contribution in [0.2, 0.25) is 0 Å². The first-order valence-electron chi connectivity index (χ1n) is 8.99. The lowest BCUT2D eigenvalue weighted by Crippen LogP contribution is -2.29. The molecule has 0 unspecified atom stereocenters. The zero-order valence-electron chi connectivity index (χ0n) is 15.0. The van der Waals surface area contributed by atoms with Gasteiger partial charge in [-0.05, 0) is 69.0 Å². The van der Waals surface area contributed by atoms with Crippen molar-refractivity contribution in [2.45, 2.75) is 33.1 Å². The van der Waals surface area contributed by atoms with Gasteiger partial charge in [0.25, 0.3) is 5.91 Å². The summed E-state index contributed by atoms with van der Waals surface area (Å²) in [7, 11) is 0. The number of anilines is 1. The van der Waals surface area contributed by atoms with E-state index in [0.29, 0.717) is 25.2 Å². The molecule has 26 heavy (non-hydrogen) atoms. The summed E-state index contributed by atoms with van der Waals surface area (Å²) in [4.78, 5) is 28.9. The predicted molar refractivity (Wildman–Crippen MR) is 102 cm³/mol. The Morgan fingerprint density at radius 1 is 1.23 bits per heavy atom. The summed E-state index contributed by atoms with van der Waals surface area (Å²) in [5.41, 5.74) is 1.71. The lowest BCUT2D eigenvalue weighted by atomic mass is 9.87. The zero-order valence-corrected chi connectivity index (χ0v) is 15.9. The Kier molecular flexibility index (Phi) is 5.71. The van der Waals surface area contributed by atoms with Gasteiger partial charge in [-0.15, -0.1) is 11.3 Å². The van der Waals surface area contributed by atoms with Crippen LogP contribution in [0.3, 0.4) is 0 Å². The van der Waals surface area contributed by atoms with E-state index in [9.17, 15) is 14.0 Å². The molecule has 3 rings (SSSR count). The first kappa shape index (κ1) is 18.6. The van der Waals surface area contributed by atoms with Crippen LogP contribution < -0.4 is 5.32 Å². The molecule has 0 aliphatic heterocycles. The second kappa shape index (κ2) is 7.99. The van der Waals surface area contributed by atoms with Crippen molar-refractivity contribution >= 4 is 28.8 Å². The molecule has 0 bridgehead atoms. The molecule has 0 saturated carbocycles. The van der Waals surface area contributed by atoms with E-state index in [2.05, 4.69) is 5.32 Å². The van der Waals surface area contributed by atoms with E-state index in [0.717, 1.165) is 23.3 Å². The number of amides is 2. The fourth-order valence-electron chi connectivity index (χ4n) is 3.30. The predicted octanol–water partition coefficient (Wildman–Crippen LogP) is 4.11. The Hall–Kier alpha value is -2.21. The van der Waals surface area contributed by atoms with Crippen LogP contribution in [0.5, 0.6) is 0 Å². The third-order valence-corrected chi connectivity index (χ3v) is 6.05. The summed E-state index contributed by atoms with van der Waals surface area (Å²) in [6.07, 6.45) is 2.22. The Morgan fingerprint density at radius 3 is 2.58 bits per heavy atom. The van der Waals surface area contributed by atoms with Gasteiger partial charge < -0.3 is 10.2 Å². The number of rotatable bonds is 5. The minimum Gasteiger partial charge on any atom is -0.339 e. The number of fused-ring (bicyclic) bond motifs is 1. The van der Waals surface area contributed by atoms with Crippen molar-refractivity contribution in [3.63, 3.8) is 0 Å². The molecule has 2 aromatic rings. The van der Waals surface area contributed by atoms with E-state index in [1.165, 1.54) is 17.0 Å². The quantitative estimate of drug-likeness (QED) is 0.856. The van der Waals surface area contributed by atoms with Crippen LogP contribution in [-0.4, -0.2) is 29.8 Å². The molecule has 1 aromatic carbocycles. The fraction of sp³-hybridized carbons (Fsp3) is 0.400. The Balaban J connectivity index is 1.68. The maximum absolute atomic E-state index is 13.0. The number of carbonyl (C=O) groups excluding carboxylic acids is 2. The monoisotopic (exact) mass is 374 g/mol. The molecular formula is C20H23FN2O2S. The van der Waals surface area contributed by atoms with Gasteiger partial charge in [0.15, 0.2) is 0 Å². The largest absolute Gasteiger partial charge is 0.339 e. The first-order valence-corrected chi connectivity index (χ1v) is 9.80. The maximum atomic E-state index is 13.0. The Morgan fingerprint density at radius 2 is 1.92 bits per heavy atom. The highest BCUT2D eigenvalue weighted by Crippen LogP contribution is 2.33. The van der Waals surface area contributed by atoms with Crippen molar-refractivity contribution in [1.29, 1.82) is 0 Å². The third-order valence-electron chi connectivity index (χ3n) is 4.83. The van der Waals surface area contributed by atoms with Gasteiger partial charge in [0, 0.05) is 29.6 Å². The number of benzene rings is 1. The number of halogens is 1. The van der Waals surface area contributed by atoms with Gasteiger partial charge in [0.2, 0.25) is 5.91 Å². The van der Waals surface area contributed by atoms with Crippen molar-refractivity contribution in [1.82, 2.24) is 4.90 Å². The number of hydrogen-bond donors (Lipinski definition) is 1. The number of aryl methyl sites for hydroxylation is 1. The van der Waals surface area contributed by atoms with E-state index >= 15 is 0 Å². The van der Waals surface area contributed by atoms with Crippen LogP contribution in [0.1, 0.15) is 40.4 Å². The number of nitrogens with one attached hydrogen (secondary N) is 1. The highest BCUT2D eigenvalue weighted by atomic mass is 32.1. The molecule has 1 atom stereocenters. The highest BCUT2D eigenvalue weighted by Gasteiger charge is 2.28. The van der Waals surface area contributed by atoms with Crippen LogP contribution >= 0.6 is 11.3 Å². The molecule has 1 aliphatic rings. The molecular weight excluding hydrogens is 351 g/mol. The third kappa shape index (κ3) is 3.96. The molecule has 4 nitrogen and oxygen atoms in total.